The highest BCUT2D eigenvalue weighted by Gasteiger charge is 2.21. The van der Waals surface area contributed by atoms with E-state index in [0.29, 0.717) is 19.7 Å². The first-order chi connectivity index (χ1) is 7.75. The highest BCUT2D eigenvalue weighted by molar-refractivity contribution is 7.09. The van der Waals surface area contributed by atoms with Gasteiger partial charge in [-0.3, -0.25) is 0 Å². The van der Waals surface area contributed by atoms with Crippen LogP contribution in [0.15, 0.2) is 17.5 Å². The van der Waals surface area contributed by atoms with Gasteiger partial charge in [-0.15, -0.1) is 11.3 Å². The Kier molecular flexibility index (Phi) is 3.79. The summed E-state index contributed by atoms with van der Waals surface area (Å²) < 4.78 is 5.22. The molecule has 88 valence electrons. The van der Waals surface area contributed by atoms with Crippen molar-refractivity contribution in [1.82, 2.24) is 4.90 Å². The lowest BCUT2D eigenvalue weighted by Gasteiger charge is -2.29. The zero-order valence-corrected chi connectivity index (χ0v) is 9.91. The van der Waals surface area contributed by atoms with Gasteiger partial charge in [0.2, 0.25) is 0 Å². The van der Waals surface area contributed by atoms with Gasteiger partial charge in [0.25, 0.3) is 0 Å². The van der Waals surface area contributed by atoms with Crippen LogP contribution in [0.5, 0.6) is 0 Å². The van der Waals surface area contributed by atoms with Crippen molar-refractivity contribution in [1.29, 1.82) is 0 Å². The summed E-state index contributed by atoms with van der Waals surface area (Å²) in [6.07, 6.45) is 1.52. The SMILES string of the molecule is NC1CCN(C(=O)OCc2cccs2)CC1. The number of amides is 1. The summed E-state index contributed by atoms with van der Waals surface area (Å²) in [7, 11) is 0. The van der Waals surface area contributed by atoms with Crippen molar-refractivity contribution in [2.45, 2.75) is 25.5 Å². The fraction of sp³-hybridized carbons (Fsp3) is 0.545. The third-order valence-electron chi connectivity index (χ3n) is 2.72. The molecule has 1 amide bonds. The summed E-state index contributed by atoms with van der Waals surface area (Å²) in [6, 6.07) is 4.15. The van der Waals surface area contributed by atoms with Crippen LogP contribution >= 0.6 is 11.3 Å². The van der Waals surface area contributed by atoms with E-state index < -0.39 is 0 Å². The second-order valence-electron chi connectivity index (χ2n) is 3.96. The Labute approximate surface area is 99.0 Å². The maximum Gasteiger partial charge on any atom is 0.410 e. The minimum absolute atomic E-state index is 0.222. The van der Waals surface area contributed by atoms with Gasteiger partial charge in [0.05, 0.1) is 0 Å². The van der Waals surface area contributed by atoms with E-state index in [1.54, 1.807) is 16.2 Å². The van der Waals surface area contributed by atoms with Crippen molar-refractivity contribution in [2.75, 3.05) is 13.1 Å². The minimum atomic E-state index is -0.222. The van der Waals surface area contributed by atoms with Crippen molar-refractivity contribution < 1.29 is 9.53 Å². The van der Waals surface area contributed by atoms with Crippen molar-refractivity contribution in [2.24, 2.45) is 5.73 Å². The molecule has 0 aromatic carbocycles. The summed E-state index contributed by atoms with van der Waals surface area (Å²) in [4.78, 5) is 14.5. The van der Waals surface area contributed by atoms with Crippen LogP contribution in [0.1, 0.15) is 17.7 Å². The third-order valence-corrected chi connectivity index (χ3v) is 3.57. The maximum atomic E-state index is 11.7. The Bertz CT molecular complexity index is 332. The number of likely N-dealkylation sites (tertiary alicyclic amines) is 1. The van der Waals surface area contributed by atoms with Crippen molar-refractivity contribution in [3.05, 3.63) is 22.4 Å². The van der Waals surface area contributed by atoms with Gasteiger partial charge >= 0.3 is 6.09 Å². The van der Waals surface area contributed by atoms with Gasteiger partial charge in [-0.05, 0) is 24.3 Å². The Morgan fingerprint density at radius 1 is 1.56 bits per heavy atom. The molecule has 5 heteroatoms. The molecule has 1 aromatic rings. The monoisotopic (exact) mass is 240 g/mol. The highest BCUT2D eigenvalue weighted by Crippen LogP contribution is 2.13. The van der Waals surface area contributed by atoms with Gasteiger partial charge in [0.15, 0.2) is 0 Å². The molecule has 1 aliphatic rings. The average molecular weight is 240 g/mol. The largest absolute Gasteiger partial charge is 0.444 e. The number of rotatable bonds is 2. The average Bonchev–Trinajstić information content (AvgIpc) is 2.80. The fourth-order valence-corrected chi connectivity index (χ4v) is 2.32. The molecule has 2 N–H and O–H groups in total. The Hall–Kier alpha value is -1.07. The van der Waals surface area contributed by atoms with E-state index in [0.717, 1.165) is 17.7 Å². The molecule has 0 bridgehead atoms. The molecule has 0 saturated carbocycles. The predicted octanol–water partition coefficient (Wildman–Crippen LogP) is 1.81. The van der Waals surface area contributed by atoms with Crippen molar-refractivity contribution >= 4 is 17.4 Å². The van der Waals surface area contributed by atoms with Crippen LogP contribution in [0.25, 0.3) is 0 Å². The van der Waals surface area contributed by atoms with Crippen LogP contribution < -0.4 is 5.73 Å². The normalized spacial score (nSPS) is 17.4. The molecule has 0 atom stereocenters. The number of carbonyl (C=O) groups excluding carboxylic acids is 1. The van der Waals surface area contributed by atoms with Crippen LogP contribution in [0, 0.1) is 0 Å². The molecule has 1 saturated heterocycles. The topological polar surface area (TPSA) is 55.6 Å². The van der Waals surface area contributed by atoms with Gasteiger partial charge in [0.1, 0.15) is 6.61 Å². The first-order valence-electron chi connectivity index (χ1n) is 5.45. The molecule has 0 aliphatic carbocycles. The summed E-state index contributed by atoms with van der Waals surface area (Å²) in [5.74, 6) is 0. The second kappa shape index (κ2) is 5.32. The lowest BCUT2D eigenvalue weighted by atomic mass is 10.1. The number of carbonyl (C=O) groups is 1. The van der Waals surface area contributed by atoms with Gasteiger partial charge < -0.3 is 15.4 Å². The molecule has 4 nitrogen and oxygen atoms in total. The smallest absolute Gasteiger partial charge is 0.410 e. The minimum Gasteiger partial charge on any atom is -0.444 e. The van der Waals surface area contributed by atoms with Gasteiger partial charge in [-0.1, -0.05) is 6.07 Å². The molecule has 1 aromatic heterocycles. The standard InChI is InChI=1S/C11H16N2O2S/c12-9-3-5-13(6-4-9)11(14)15-8-10-2-1-7-16-10/h1-2,7,9H,3-6,8,12H2. The number of ether oxygens (including phenoxy) is 1. The summed E-state index contributed by atoms with van der Waals surface area (Å²) in [5.41, 5.74) is 5.77. The van der Waals surface area contributed by atoms with Crippen LogP contribution in [0.2, 0.25) is 0 Å². The number of nitrogens with zero attached hydrogens (tertiary/aromatic N) is 1. The number of hydrogen-bond acceptors (Lipinski definition) is 4. The summed E-state index contributed by atoms with van der Waals surface area (Å²) >= 11 is 1.60. The Balaban J connectivity index is 1.75. The lowest BCUT2D eigenvalue weighted by Crippen LogP contribution is -2.43. The number of piperidine rings is 1. The third kappa shape index (κ3) is 2.96. The lowest BCUT2D eigenvalue weighted by molar-refractivity contribution is 0.0881. The number of nitrogens with two attached hydrogens (primary N) is 1. The molecule has 0 spiro atoms. The van der Waals surface area contributed by atoms with Crippen LogP contribution in [0.3, 0.4) is 0 Å². The van der Waals surface area contributed by atoms with E-state index >= 15 is 0 Å². The summed E-state index contributed by atoms with van der Waals surface area (Å²) in [6.45, 7) is 1.80. The van der Waals surface area contributed by atoms with Crippen LogP contribution in [-0.2, 0) is 11.3 Å². The molecule has 2 rings (SSSR count). The van der Waals surface area contributed by atoms with Gasteiger partial charge in [0, 0.05) is 24.0 Å². The Morgan fingerprint density at radius 3 is 2.94 bits per heavy atom. The van der Waals surface area contributed by atoms with Crippen LogP contribution in [-0.4, -0.2) is 30.1 Å². The van der Waals surface area contributed by atoms with E-state index in [4.69, 9.17) is 10.5 Å². The molecule has 16 heavy (non-hydrogen) atoms. The zero-order valence-electron chi connectivity index (χ0n) is 9.09. The van der Waals surface area contributed by atoms with Crippen LogP contribution in [0.4, 0.5) is 4.79 Å². The van der Waals surface area contributed by atoms with Gasteiger partial charge in [-0.25, -0.2) is 4.79 Å². The van der Waals surface area contributed by atoms with E-state index in [-0.39, 0.29) is 12.1 Å². The molecule has 0 unspecified atom stereocenters. The molecule has 2 heterocycles. The first kappa shape index (κ1) is 11.4. The molecular weight excluding hydrogens is 224 g/mol. The first-order valence-corrected chi connectivity index (χ1v) is 6.33. The number of hydrogen-bond donors (Lipinski definition) is 1. The maximum absolute atomic E-state index is 11.7. The van der Waals surface area contributed by atoms with E-state index in [1.807, 2.05) is 17.5 Å². The van der Waals surface area contributed by atoms with E-state index in [1.165, 1.54) is 0 Å². The fourth-order valence-electron chi connectivity index (χ4n) is 1.70. The number of thiophene rings is 1. The van der Waals surface area contributed by atoms with Gasteiger partial charge in [-0.2, -0.15) is 0 Å². The van der Waals surface area contributed by atoms with Crippen molar-refractivity contribution in [3.63, 3.8) is 0 Å². The quantitative estimate of drug-likeness (QED) is 0.857. The van der Waals surface area contributed by atoms with Crippen molar-refractivity contribution in [3.8, 4) is 0 Å². The van der Waals surface area contributed by atoms with E-state index in [9.17, 15) is 4.79 Å². The predicted molar refractivity (Wildman–Crippen MR) is 63.3 cm³/mol. The zero-order chi connectivity index (χ0) is 11.4. The summed E-state index contributed by atoms with van der Waals surface area (Å²) in [5, 5.41) is 1.98. The Morgan fingerprint density at radius 2 is 2.31 bits per heavy atom. The molecular formula is C11H16N2O2S. The second-order valence-corrected chi connectivity index (χ2v) is 4.99. The highest BCUT2D eigenvalue weighted by atomic mass is 32.1. The molecule has 0 radical (unpaired) electrons. The molecule has 1 fully saturated rings. The molecule has 1 aliphatic heterocycles. The van der Waals surface area contributed by atoms with E-state index in [2.05, 4.69) is 0 Å².